The number of allylic oxidation sites excluding steroid dienone is 2. The third kappa shape index (κ3) is 2.49. The van der Waals surface area contributed by atoms with Gasteiger partial charge in [0.15, 0.2) is 5.78 Å². The molecule has 1 aromatic carbocycles. The number of ketones is 1. The number of hydrogen-bond acceptors (Lipinski definition) is 4. The van der Waals surface area contributed by atoms with E-state index in [-0.39, 0.29) is 47.8 Å². The largest absolute Gasteiger partial charge is 0.325 e. The normalized spacial score (nSPS) is 29.2. The van der Waals surface area contributed by atoms with Crippen LogP contribution in [0.15, 0.2) is 36.4 Å². The van der Waals surface area contributed by atoms with Crippen molar-refractivity contribution in [2.24, 2.45) is 23.7 Å². The first-order valence-corrected chi connectivity index (χ1v) is 8.40. The molecule has 0 unspecified atom stereocenters. The lowest BCUT2D eigenvalue weighted by atomic mass is 9.85. The van der Waals surface area contributed by atoms with E-state index < -0.39 is 5.91 Å². The Labute approximate surface area is 144 Å². The molecule has 2 bridgehead atoms. The van der Waals surface area contributed by atoms with Crippen LogP contribution in [0.4, 0.5) is 5.69 Å². The Morgan fingerprint density at radius 1 is 1.12 bits per heavy atom. The van der Waals surface area contributed by atoms with Gasteiger partial charge in [-0.2, -0.15) is 0 Å². The van der Waals surface area contributed by atoms with Crippen molar-refractivity contribution >= 4 is 29.2 Å². The molecular weight excluding hydrogens is 320 g/mol. The average Bonchev–Trinajstić information content (AvgIpc) is 3.25. The van der Waals surface area contributed by atoms with Crippen LogP contribution in [0.3, 0.4) is 0 Å². The van der Waals surface area contributed by atoms with Crippen molar-refractivity contribution in [3.05, 3.63) is 42.0 Å². The zero-order chi connectivity index (χ0) is 17.7. The van der Waals surface area contributed by atoms with Crippen molar-refractivity contribution in [3.8, 4) is 0 Å². The van der Waals surface area contributed by atoms with Gasteiger partial charge in [-0.1, -0.05) is 24.3 Å². The highest BCUT2D eigenvalue weighted by Crippen LogP contribution is 2.52. The molecule has 0 radical (unpaired) electrons. The summed E-state index contributed by atoms with van der Waals surface area (Å²) in [4.78, 5) is 49.9. The number of likely N-dealkylation sites (tertiary alicyclic amines) is 1. The van der Waals surface area contributed by atoms with Gasteiger partial charge in [0.1, 0.15) is 6.54 Å². The van der Waals surface area contributed by atoms with Crippen molar-refractivity contribution < 1.29 is 19.2 Å². The monoisotopic (exact) mass is 338 g/mol. The van der Waals surface area contributed by atoms with Gasteiger partial charge in [-0.05, 0) is 37.3 Å². The van der Waals surface area contributed by atoms with Crippen LogP contribution in [0, 0.1) is 23.7 Å². The summed E-state index contributed by atoms with van der Waals surface area (Å²) in [6, 6.07) is 6.57. The Bertz CT molecular complexity index is 798. The molecule has 4 rings (SSSR count). The van der Waals surface area contributed by atoms with E-state index in [1.54, 1.807) is 24.3 Å². The number of anilines is 1. The van der Waals surface area contributed by atoms with E-state index in [2.05, 4.69) is 5.32 Å². The molecule has 2 fully saturated rings. The number of rotatable bonds is 4. The summed E-state index contributed by atoms with van der Waals surface area (Å²) in [5, 5.41) is 2.66. The fourth-order valence-corrected chi connectivity index (χ4v) is 4.28. The van der Waals surface area contributed by atoms with Crippen LogP contribution in [0.1, 0.15) is 23.7 Å². The molecule has 1 aromatic rings. The highest BCUT2D eigenvalue weighted by atomic mass is 16.2. The molecule has 0 spiro atoms. The van der Waals surface area contributed by atoms with E-state index in [1.165, 1.54) is 6.92 Å². The van der Waals surface area contributed by atoms with Crippen molar-refractivity contribution in [2.75, 3.05) is 11.9 Å². The van der Waals surface area contributed by atoms with Crippen LogP contribution >= 0.6 is 0 Å². The van der Waals surface area contributed by atoms with E-state index >= 15 is 0 Å². The maximum absolute atomic E-state index is 12.6. The molecule has 6 heteroatoms. The third-order valence-electron chi connectivity index (χ3n) is 5.42. The fourth-order valence-electron chi connectivity index (χ4n) is 4.28. The van der Waals surface area contributed by atoms with Crippen LogP contribution in [-0.2, 0) is 14.4 Å². The van der Waals surface area contributed by atoms with Crippen LogP contribution in [0.25, 0.3) is 0 Å². The second-order valence-corrected chi connectivity index (χ2v) is 6.95. The molecule has 1 heterocycles. The highest BCUT2D eigenvalue weighted by Gasteiger charge is 2.59. The topological polar surface area (TPSA) is 83.6 Å². The first kappa shape index (κ1) is 15.7. The lowest BCUT2D eigenvalue weighted by molar-refractivity contribution is -0.143. The number of amides is 3. The highest BCUT2D eigenvalue weighted by molar-refractivity contribution is 6.09. The molecule has 2 aliphatic carbocycles. The summed E-state index contributed by atoms with van der Waals surface area (Å²) < 4.78 is 0. The van der Waals surface area contributed by atoms with Gasteiger partial charge in [-0.25, -0.2) is 0 Å². The standard InChI is InChI=1S/C19H18N2O4/c1-10(22)11-3-2-4-14(8-11)20-15(23)9-21-18(24)16-12-5-6-13(7-12)17(16)19(21)25/h2-6,8,12-13,16-17H,7,9H2,1H3,(H,20,23)/t12-,13+,16-,17-/m0/s1. The fraction of sp³-hybridized carbons (Fsp3) is 0.368. The number of imide groups is 1. The minimum Gasteiger partial charge on any atom is -0.325 e. The van der Waals surface area contributed by atoms with Crippen molar-refractivity contribution in [1.82, 2.24) is 4.90 Å². The number of nitrogens with zero attached hydrogens (tertiary/aromatic N) is 1. The quantitative estimate of drug-likeness (QED) is 0.514. The Balaban J connectivity index is 1.45. The van der Waals surface area contributed by atoms with Gasteiger partial charge in [0.05, 0.1) is 11.8 Å². The van der Waals surface area contributed by atoms with Gasteiger partial charge in [-0.15, -0.1) is 0 Å². The number of hydrogen-bond donors (Lipinski definition) is 1. The van der Waals surface area contributed by atoms with E-state index in [0.717, 1.165) is 11.3 Å². The van der Waals surface area contributed by atoms with E-state index in [1.807, 2.05) is 12.2 Å². The number of carbonyl (C=O) groups is 4. The summed E-state index contributed by atoms with van der Waals surface area (Å²) in [5.74, 6) is -1.34. The summed E-state index contributed by atoms with van der Waals surface area (Å²) in [5.41, 5.74) is 0.960. The number of nitrogens with one attached hydrogen (secondary N) is 1. The summed E-state index contributed by atoms with van der Waals surface area (Å²) in [6.45, 7) is 1.16. The Morgan fingerprint density at radius 2 is 1.76 bits per heavy atom. The Morgan fingerprint density at radius 3 is 2.36 bits per heavy atom. The predicted octanol–water partition coefficient (Wildman–Crippen LogP) is 1.63. The molecule has 1 aliphatic heterocycles. The van der Waals surface area contributed by atoms with Crippen molar-refractivity contribution in [3.63, 3.8) is 0 Å². The van der Waals surface area contributed by atoms with Gasteiger partial charge >= 0.3 is 0 Å². The predicted molar refractivity (Wildman–Crippen MR) is 89.5 cm³/mol. The molecule has 128 valence electrons. The van der Waals surface area contributed by atoms with Gasteiger partial charge < -0.3 is 5.32 Å². The molecule has 1 saturated carbocycles. The van der Waals surface area contributed by atoms with Gasteiger partial charge in [0, 0.05) is 11.3 Å². The van der Waals surface area contributed by atoms with Crippen LogP contribution in [-0.4, -0.2) is 34.9 Å². The van der Waals surface area contributed by atoms with Crippen LogP contribution in [0.2, 0.25) is 0 Å². The maximum atomic E-state index is 12.6. The number of Topliss-reactive ketones (excluding diaryl/α,β-unsaturated/α-hetero) is 1. The minimum absolute atomic E-state index is 0.100. The zero-order valence-corrected chi connectivity index (χ0v) is 13.8. The molecular formula is C19H18N2O4. The summed E-state index contributed by atoms with van der Waals surface area (Å²) in [7, 11) is 0. The SMILES string of the molecule is CC(=O)c1cccc(NC(=O)CN2C(=O)[C@@H]3[C@@H](C2=O)[C@H]2C=C[C@@H]3C2)c1. The Hall–Kier alpha value is -2.76. The summed E-state index contributed by atoms with van der Waals surface area (Å²) >= 11 is 0. The molecule has 6 nitrogen and oxygen atoms in total. The smallest absolute Gasteiger partial charge is 0.244 e. The number of carbonyl (C=O) groups excluding carboxylic acids is 4. The van der Waals surface area contributed by atoms with Gasteiger partial charge in [0.2, 0.25) is 17.7 Å². The minimum atomic E-state index is -0.442. The Kier molecular flexibility index (Phi) is 3.56. The molecule has 4 atom stereocenters. The molecule has 3 amide bonds. The third-order valence-corrected chi connectivity index (χ3v) is 5.42. The van der Waals surface area contributed by atoms with E-state index in [4.69, 9.17) is 0 Å². The van der Waals surface area contributed by atoms with Crippen LogP contribution < -0.4 is 5.32 Å². The average molecular weight is 338 g/mol. The second kappa shape index (κ2) is 5.65. The lowest BCUT2D eigenvalue weighted by Crippen LogP contribution is -2.39. The lowest BCUT2D eigenvalue weighted by Gasteiger charge is -2.17. The molecule has 1 N–H and O–H groups in total. The molecule has 25 heavy (non-hydrogen) atoms. The van der Waals surface area contributed by atoms with Crippen molar-refractivity contribution in [2.45, 2.75) is 13.3 Å². The maximum Gasteiger partial charge on any atom is 0.244 e. The molecule has 1 saturated heterocycles. The van der Waals surface area contributed by atoms with Gasteiger partial charge in [-0.3, -0.25) is 24.1 Å². The zero-order valence-electron chi connectivity index (χ0n) is 13.8. The van der Waals surface area contributed by atoms with E-state index in [9.17, 15) is 19.2 Å². The molecule has 3 aliphatic rings. The first-order chi connectivity index (χ1) is 12.0. The van der Waals surface area contributed by atoms with Gasteiger partial charge in [0.25, 0.3) is 0 Å². The number of benzene rings is 1. The molecule has 0 aromatic heterocycles. The summed E-state index contributed by atoms with van der Waals surface area (Å²) in [6.07, 6.45) is 4.91. The first-order valence-electron chi connectivity index (χ1n) is 8.40. The number of fused-ring (bicyclic) bond motifs is 5. The van der Waals surface area contributed by atoms with Crippen LogP contribution in [0.5, 0.6) is 0 Å². The second-order valence-electron chi connectivity index (χ2n) is 6.95. The van der Waals surface area contributed by atoms with E-state index in [0.29, 0.717) is 11.3 Å². The van der Waals surface area contributed by atoms with Crippen molar-refractivity contribution in [1.29, 1.82) is 0 Å².